The van der Waals surface area contributed by atoms with Crippen molar-refractivity contribution in [3.05, 3.63) is 44.8 Å². The van der Waals surface area contributed by atoms with Crippen LogP contribution in [-0.2, 0) is 0 Å². The van der Waals surface area contributed by atoms with Crippen LogP contribution in [0.5, 0.6) is 11.5 Å². The van der Waals surface area contributed by atoms with Gasteiger partial charge in [-0.1, -0.05) is 23.2 Å². The average molecular weight is 502 g/mol. The third-order valence-corrected chi connectivity index (χ3v) is 3.74. The first-order chi connectivity index (χ1) is 12.2. The zero-order valence-corrected chi connectivity index (χ0v) is 15.9. The van der Waals surface area contributed by atoms with Gasteiger partial charge in [0.15, 0.2) is 0 Å². The summed E-state index contributed by atoms with van der Waals surface area (Å²) in [5.41, 5.74) is 11.2. The van der Waals surface area contributed by atoms with Crippen LogP contribution >= 0.6 is 39.1 Å². The molecule has 0 unspecified atom stereocenters. The Balaban J connectivity index is 0.000000271. The Morgan fingerprint density at radius 2 is 1.26 bits per heavy atom. The lowest BCUT2D eigenvalue weighted by molar-refractivity contribution is -0.275. The number of ether oxygens (including phenoxy) is 2. The fraction of sp³-hybridized carbons (Fsp3) is 0.143. The predicted octanol–water partition coefficient (Wildman–Crippen LogP) is 6.40. The Hall–Kier alpha value is -1.72. The fourth-order valence-corrected chi connectivity index (χ4v) is 2.23. The Bertz CT molecular complexity index is 802. The van der Waals surface area contributed by atoms with Crippen molar-refractivity contribution in [1.29, 1.82) is 0 Å². The maximum atomic E-state index is 11.8. The van der Waals surface area contributed by atoms with Gasteiger partial charge in [0.05, 0.1) is 10.0 Å². The molecule has 0 fully saturated rings. The molecule has 0 spiro atoms. The first-order valence-corrected chi connectivity index (χ1v) is 8.04. The quantitative estimate of drug-likeness (QED) is 0.369. The number of benzene rings is 2. The van der Waals surface area contributed by atoms with Crippen LogP contribution in [-0.4, -0.2) is 12.7 Å². The fourth-order valence-electron chi connectivity index (χ4n) is 1.47. The van der Waals surface area contributed by atoms with E-state index in [0.29, 0.717) is 4.47 Å². The number of alkyl halides is 6. The molecule has 0 saturated heterocycles. The van der Waals surface area contributed by atoms with Crippen LogP contribution < -0.4 is 20.9 Å². The third kappa shape index (κ3) is 8.67. The highest BCUT2D eigenvalue weighted by Gasteiger charge is 2.32. The standard InChI is InChI=1S/C7H4BrClF3NO.C7H5ClF3NO/c8-3-1-6(14-7(10,11)12)4(9)2-5(3)13;8-5-3-4(12)1-2-6(5)13-7(9,10)11/h1-2H,13H2;1-3H,12H2. The lowest BCUT2D eigenvalue weighted by Crippen LogP contribution is -2.17. The molecule has 0 radical (unpaired) electrons. The van der Waals surface area contributed by atoms with E-state index in [1.165, 1.54) is 18.2 Å². The molecule has 0 aromatic heterocycles. The van der Waals surface area contributed by atoms with Gasteiger partial charge in [0.25, 0.3) is 0 Å². The van der Waals surface area contributed by atoms with Crippen molar-refractivity contribution in [2.75, 3.05) is 11.5 Å². The van der Waals surface area contributed by atoms with Crippen LogP contribution in [0, 0.1) is 0 Å². The molecule has 13 heteroatoms. The molecule has 4 N–H and O–H groups in total. The lowest BCUT2D eigenvalue weighted by Gasteiger charge is -2.11. The van der Waals surface area contributed by atoms with E-state index in [1.807, 2.05) is 0 Å². The largest absolute Gasteiger partial charge is 0.573 e. The molecule has 4 nitrogen and oxygen atoms in total. The summed E-state index contributed by atoms with van der Waals surface area (Å²) >= 11 is 13.9. The van der Waals surface area contributed by atoms with Gasteiger partial charge in [0.1, 0.15) is 11.5 Å². The van der Waals surface area contributed by atoms with Crippen molar-refractivity contribution >= 4 is 50.5 Å². The average Bonchev–Trinajstić information content (AvgIpc) is 2.46. The molecule has 27 heavy (non-hydrogen) atoms. The minimum Gasteiger partial charge on any atom is -0.404 e. The molecule has 0 aliphatic carbocycles. The summed E-state index contributed by atoms with van der Waals surface area (Å²) in [5.74, 6) is -0.941. The minimum atomic E-state index is -4.76. The monoisotopic (exact) mass is 500 g/mol. The normalized spacial score (nSPS) is 11.4. The number of anilines is 2. The molecule has 0 aliphatic heterocycles. The maximum Gasteiger partial charge on any atom is 0.573 e. The van der Waals surface area contributed by atoms with Gasteiger partial charge in [-0.2, -0.15) is 0 Å². The number of rotatable bonds is 2. The summed E-state index contributed by atoms with van der Waals surface area (Å²) in [6.07, 6.45) is -9.50. The van der Waals surface area contributed by atoms with Gasteiger partial charge in [0, 0.05) is 15.8 Å². The van der Waals surface area contributed by atoms with Gasteiger partial charge in [-0.25, -0.2) is 0 Å². The van der Waals surface area contributed by atoms with Crippen LogP contribution in [0.2, 0.25) is 10.0 Å². The Morgan fingerprint density at radius 3 is 1.74 bits per heavy atom. The van der Waals surface area contributed by atoms with Crippen LogP contribution in [0.3, 0.4) is 0 Å². The Kier molecular flexibility index (Phi) is 7.76. The molecule has 0 saturated carbocycles. The highest BCUT2D eigenvalue weighted by molar-refractivity contribution is 9.10. The molecule has 150 valence electrons. The second-order valence-electron chi connectivity index (χ2n) is 4.59. The minimum absolute atomic E-state index is 0.169. The van der Waals surface area contributed by atoms with Crippen molar-refractivity contribution < 1.29 is 35.8 Å². The predicted molar refractivity (Wildman–Crippen MR) is 92.8 cm³/mol. The van der Waals surface area contributed by atoms with Crippen molar-refractivity contribution in [3.8, 4) is 11.5 Å². The van der Waals surface area contributed by atoms with E-state index in [0.717, 1.165) is 12.1 Å². The van der Waals surface area contributed by atoms with Gasteiger partial charge in [-0.3, -0.25) is 0 Å². The van der Waals surface area contributed by atoms with Gasteiger partial charge in [0.2, 0.25) is 0 Å². The summed E-state index contributed by atoms with van der Waals surface area (Å²) in [7, 11) is 0. The Morgan fingerprint density at radius 1 is 0.778 bits per heavy atom. The topological polar surface area (TPSA) is 70.5 Å². The summed E-state index contributed by atoms with van der Waals surface area (Å²) in [6, 6.07) is 5.75. The lowest BCUT2D eigenvalue weighted by atomic mass is 10.3. The van der Waals surface area contributed by atoms with E-state index >= 15 is 0 Å². The summed E-state index contributed by atoms with van der Waals surface area (Å²) in [5, 5.41) is -0.361. The SMILES string of the molecule is Nc1cc(Cl)c(OC(F)(F)F)cc1Br.Nc1ccc(OC(F)(F)F)c(Cl)c1. The van der Waals surface area contributed by atoms with E-state index in [1.54, 1.807) is 0 Å². The first kappa shape index (κ1) is 23.3. The van der Waals surface area contributed by atoms with Crippen LogP contribution in [0.15, 0.2) is 34.8 Å². The van der Waals surface area contributed by atoms with Gasteiger partial charge < -0.3 is 20.9 Å². The zero-order chi connectivity index (χ0) is 21.0. The van der Waals surface area contributed by atoms with E-state index in [4.69, 9.17) is 34.7 Å². The maximum absolute atomic E-state index is 11.8. The van der Waals surface area contributed by atoms with Crippen molar-refractivity contribution in [2.24, 2.45) is 0 Å². The molecule has 0 bridgehead atoms. The Labute approximate surface area is 167 Å². The van der Waals surface area contributed by atoms with Crippen molar-refractivity contribution in [3.63, 3.8) is 0 Å². The molecule has 0 atom stereocenters. The molecular formula is C14H9BrCl2F6N2O2. The highest BCUT2D eigenvalue weighted by atomic mass is 79.9. The number of nitrogen functional groups attached to an aromatic ring is 2. The molecule has 2 aromatic carbocycles. The molecule has 2 aromatic rings. The van der Waals surface area contributed by atoms with E-state index < -0.39 is 24.2 Å². The third-order valence-electron chi connectivity index (χ3n) is 2.46. The number of halogens is 9. The molecular weight excluding hydrogens is 493 g/mol. The molecule has 0 heterocycles. The second kappa shape index (κ2) is 8.98. The van der Waals surface area contributed by atoms with E-state index in [2.05, 4.69) is 25.4 Å². The van der Waals surface area contributed by atoms with Gasteiger partial charge >= 0.3 is 12.7 Å². The van der Waals surface area contributed by atoms with Crippen LogP contribution in [0.1, 0.15) is 0 Å². The van der Waals surface area contributed by atoms with Crippen molar-refractivity contribution in [2.45, 2.75) is 12.7 Å². The number of nitrogens with two attached hydrogens (primary N) is 2. The number of hydrogen-bond acceptors (Lipinski definition) is 4. The number of hydrogen-bond donors (Lipinski definition) is 2. The highest BCUT2D eigenvalue weighted by Crippen LogP contribution is 2.35. The van der Waals surface area contributed by atoms with Gasteiger partial charge in [-0.05, 0) is 46.3 Å². The van der Waals surface area contributed by atoms with Crippen LogP contribution in [0.4, 0.5) is 37.7 Å². The second-order valence-corrected chi connectivity index (χ2v) is 6.26. The van der Waals surface area contributed by atoms with E-state index in [-0.39, 0.29) is 21.4 Å². The molecule has 0 aliphatic rings. The first-order valence-electron chi connectivity index (χ1n) is 6.49. The van der Waals surface area contributed by atoms with Crippen LogP contribution in [0.25, 0.3) is 0 Å². The summed E-state index contributed by atoms with van der Waals surface area (Å²) in [4.78, 5) is 0. The zero-order valence-electron chi connectivity index (χ0n) is 12.8. The molecule has 0 amide bonds. The smallest absolute Gasteiger partial charge is 0.404 e. The van der Waals surface area contributed by atoms with E-state index in [9.17, 15) is 26.3 Å². The van der Waals surface area contributed by atoms with Gasteiger partial charge in [-0.15, -0.1) is 26.3 Å². The summed E-state index contributed by atoms with van der Waals surface area (Å²) in [6.45, 7) is 0. The molecule has 2 rings (SSSR count). The van der Waals surface area contributed by atoms with Crippen molar-refractivity contribution in [1.82, 2.24) is 0 Å². The summed E-state index contributed by atoms with van der Waals surface area (Å²) < 4.78 is 78.2.